The molecule has 19 heavy (non-hydrogen) atoms. The molecule has 6 heteroatoms. The largest absolute Gasteiger partial charge is 0.478 e. The van der Waals surface area contributed by atoms with E-state index in [-0.39, 0.29) is 0 Å². The van der Waals surface area contributed by atoms with Crippen LogP contribution in [0, 0.1) is 0 Å². The Balaban J connectivity index is 3.02. The molecular weight excluding hydrogens is 289 g/mol. The molecule has 102 valence electrons. The maximum Gasteiger partial charge on any atom is 0.328 e. The Morgan fingerprint density at radius 3 is 2.47 bits per heavy atom. The van der Waals surface area contributed by atoms with Crippen LogP contribution in [-0.4, -0.2) is 23.5 Å². The summed E-state index contributed by atoms with van der Waals surface area (Å²) in [6.07, 6.45) is 2.55. The minimum atomic E-state index is -1.17. The summed E-state index contributed by atoms with van der Waals surface area (Å²) in [4.78, 5) is 23.8. The lowest BCUT2D eigenvalue weighted by Gasteiger charge is -2.21. The lowest BCUT2D eigenvalue weighted by atomic mass is 10.2. The molecule has 0 fully saturated rings. The van der Waals surface area contributed by atoms with Crippen molar-refractivity contribution in [2.45, 2.75) is 13.3 Å². The average molecular weight is 302 g/mol. The van der Waals surface area contributed by atoms with Gasteiger partial charge in [-0.05, 0) is 24.6 Å². The van der Waals surface area contributed by atoms with Crippen LogP contribution in [0.25, 0.3) is 0 Å². The number of amides is 1. The van der Waals surface area contributed by atoms with Crippen molar-refractivity contribution in [1.82, 2.24) is 0 Å². The number of rotatable bonds is 5. The second kappa shape index (κ2) is 7.16. The zero-order chi connectivity index (χ0) is 14.4. The highest BCUT2D eigenvalue weighted by Gasteiger charge is 2.13. The highest BCUT2D eigenvalue weighted by atomic mass is 35.5. The number of carboxylic acids is 1. The van der Waals surface area contributed by atoms with Crippen molar-refractivity contribution < 1.29 is 14.7 Å². The van der Waals surface area contributed by atoms with E-state index in [4.69, 9.17) is 28.3 Å². The number of carbonyl (C=O) groups excluding carboxylic acids is 1. The fraction of sp³-hybridized carbons (Fsp3) is 0.231. The van der Waals surface area contributed by atoms with Gasteiger partial charge in [-0.2, -0.15) is 0 Å². The Hall–Kier alpha value is -1.52. The predicted molar refractivity (Wildman–Crippen MR) is 75.9 cm³/mol. The number of carboxylic acid groups (broad SMARTS) is 1. The maximum absolute atomic E-state index is 11.9. The van der Waals surface area contributed by atoms with Crippen LogP contribution in [0.5, 0.6) is 0 Å². The van der Waals surface area contributed by atoms with Crippen molar-refractivity contribution in [2.24, 2.45) is 0 Å². The predicted octanol–water partition coefficient (Wildman–Crippen LogP) is 3.38. The van der Waals surface area contributed by atoms with Gasteiger partial charge in [0.05, 0.1) is 10.0 Å². The van der Waals surface area contributed by atoms with Crippen LogP contribution < -0.4 is 4.90 Å². The molecule has 0 radical (unpaired) electrons. The fourth-order valence-electron chi connectivity index (χ4n) is 1.48. The molecule has 0 atom stereocenters. The summed E-state index contributed by atoms with van der Waals surface area (Å²) in [5.74, 6) is -1.58. The van der Waals surface area contributed by atoms with Crippen LogP contribution in [0.2, 0.25) is 10.0 Å². The lowest BCUT2D eigenvalue weighted by Crippen LogP contribution is -2.30. The van der Waals surface area contributed by atoms with Crippen molar-refractivity contribution in [3.8, 4) is 0 Å². The number of hydrogen-bond donors (Lipinski definition) is 1. The van der Waals surface area contributed by atoms with Crippen LogP contribution in [0.4, 0.5) is 5.69 Å². The molecule has 0 saturated heterocycles. The second-order valence-electron chi connectivity index (χ2n) is 3.76. The van der Waals surface area contributed by atoms with E-state index >= 15 is 0 Å². The summed E-state index contributed by atoms with van der Waals surface area (Å²) >= 11 is 11.7. The van der Waals surface area contributed by atoms with Crippen molar-refractivity contribution in [3.05, 3.63) is 40.4 Å². The van der Waals surface area contributed by atoms with Gasteiger partial charge >= 0.3 is 5.97 Å². The van der Waals surface area contributed by atoms with Gasteiger partial charge in [-0.15, -0.1) is 0 Å². The van der Waals surface area contributed by atoms with Crippen molar-refractivity contribution in [2.75, 3.05) is 11.4 Å². The molecule has 0 aliphatic heterocycles. The highest BCUT2D eigenvalue weighted by molar-refractivity contribution is 6.42. The van der Waals surface area contributed by atoms with Crippen molar-refractivity contribution in [3.63, 3.8) is 0 Å². The van der Waals surface area contributed by atoms with E-state index in [0.717, 1.165) is 18.6 Å². The van der Waals surface area contributed by atoms with E-state index in [9.17, 15) is 9.59 Å². The van der Waals surface area contributed by atoms with Crippen LogP contribution in [0.1, 0.15) is 13.3 Å². The van der Waals surface area contributed by atoms with E-state index in [1.807, 2.05) is 6.92 Å². The van der Waals surface area contributed by atoms with E-state index in [2.05, 4.69) is 0 Å². The average Bonchev–Trinajstić information content (AvgIpc) is 2.36. The molecular formula is C13H13Cl2NO3. The Kier molecular flexibility index (Phi) is 5.86. The van der Waals surface area contributed by atoms with Gasteiger partial charge in [0.2, 0.25) is 0 Å². The number of anilines is 1. The third-order valence-corrected chi connectivity index (χ3v) is 3.04. The third kappa shape index (κ3) is 4.58. The first-order valence-electron chi connectivity index (χ1n) is 5.63. The van der Waals surface area contributed by atoms with Crippen molar-refractivity contribution >= 4 is 40.8 Å². The van der Waals surface area contributed by atoms with Gasteiger partial charge in [0.15, 0.2) is 0 Å². The molecule has 1 amide bonds. The van der Waals surface area contributed by atoms with Crippen LogP contribution in [0.3, 0.4) is 0 Å². The number of halogens is 2. The second-order valence-corrected chi connectivity index (χ2v) is 4.57. The molecule has 0 aliphatic rings. The summed E-state index contributed by atoms with van der Waals surface area (Å²) < 4.78 is 0. The Morgan fingerprint density at radius 1 is 1.26 bits per heavy atom. The van der Waals surface area contributed by atoms with Gasteiger partial charge in [-0.25, -0.2) is 4.79 Å². The Bertz CT molecular complexity index is 515. The molecule has 0 spiro atoms. The van der Waals surface area contributed by atoms with E-state index in [1.54, 1.807) is 18.2 Å². The van der Waals surface area contributed by atoms with Gasteiger partial charge in [0.1, 0.15) is 0 Å². The smallest absolute Gasteiger partial charge is 0.328 e. The number of benzene rings is 1. The van der Waals surface area contributed by atoms with Gasteiger partial charge in [0, 0.05) is 24.4 Å². The van der Waals surface area contributed by atoms with Crippen molar-refractivity contribution in [1.29, 1.82) is 0 Å². The van der Waals surface area contributed by atoms with Gasteiger partial charge in [-0.3, -0.25) is 4.79 Å². The molecule has 0 aromatic heterocycles. The molecule has 1 aromatic rings. The number of carbonyl (C=O) groups is 2. The van der Waals surface area contributed by atoms with E-state index in [1.165, 1.54) is 4.90 Å². The normalized spacial score (nSPS) is 10.7. The molecule has 4 nitrogen and oxygen atoms in total. The Labute approximate surface area is 121 Å². The first-order valence-corrected chi connectivity index (χ1v) is 6.39. The molecule has 1 N–H and O–H groups in total. The quantitative estimate of drug-likeness (QED) is 0.848. The standard InChI is InChI=1S/C13H13Cl2NO3/c1-2-7-16(12(17)5-6-13(18)19)9-3-4-10(14)11(15)8-9/h3-6,8H,2,7H2,1H3,(H,18,19)/b6-5+. The molecule has 1 aromatic carbocycles. The SMILES string of the molecule is CCCN(C(=O)/C=C/C(=O)O)c1ccc(Cl)c(Cl)c1. The fourth-order valence-corrected chi connectivity index (χ4v) is 1.77. The zero-order valence-electron chi connectivity index (χ0n) is 10.3. The lowest BCUT2D eigenvalue weighted by molar-refractivity contribution is -0.131. The molecule has 0 unspecified atom stereocenters. The van der Waals surface area contributed by atoms with Crippen LogP contribution in [0.15, 0.2) is 30.4 Å². The number of nitrogens with zero attached hydrogens (tertiary/aromatic N) is 1. The minimum Gasteiger partial charge on any atom is -0.478 e. The molecule has 0 heterocycles. The zero-order valence-corrected chi connectivity index (χ0v) is 11.8. The summed E-state index contributed by atoms with van der Waals surface area (Å²) in [5, 5.41) is 9.27. The molecule has 0 saturated carbocycles. The van der Waals surface area contributed by atoms with Crippen LogP contribution >= 0.6 is 23.2 Å². The Morgan fingerprint density at radius 2 is 1.95 bits per heavy atom. The summed E-state index contributed by atoms with van der Waals surface area (Å²) in [6, 6.07) is 4.83. The summed E-state index contributed by atoms with van der Waals surface area (Å²) in [5.41, 5.74) is 0.580. The van der Waals surface area contributed by atoms with Gasteiger partial charge in [-0.1, -0.05) is 30.1 Å². The topological polar surface area (TPSA) is 57.6 Å². The van der Waals surface area contributed by atoms with Gasteiger partial charge < -0.3 is 10.0 Å². The van der Waals surface area contributed by atoms with Crippen LogP contribution in [-0.2, 0) is 9.59 Å². The molecule has 1 rings (SSSR count). The van der Waals surface area contributed by atoms with Gasteiger partial charge in [0.25, 0.3) is 5.91 Å². The first-order chi connectivity index (χ1) is 8.95. The summed E-state index contributed by atoms with van der Waals surface area (Å²) in [6.45, 7) is 2.37. The van der Waals surface area contributed by atoms with E-state index in [0.29, 0.717) is 22.3 Å². The maximum atomic E-state index is 11.9. The third-order valence-electron chi connectivity index (χ3n) is 2.30. The molecule has 0 aliphatic carbocycles. The minimum absolute atomic E-state index is 0.343. The van der Waals surface area contributed by atoms with E-state index < -0.39 is 11.9 Å². The number of hydrogen-bond acceptors (Lipinski definition) is 2. The summed E-state index contributed by atoms with van der Waals surface area (Å²) in [7, 11) is 0. The number of aliphatic carboxylic acids is 1. The highest BCUT2D eigenvalue weighted by Crippen LogP contribution is 2.27. The monoisotopic (exact) mass is 301 g/mol. The first kappa shape index (κ1) is 15.5. The molecule has 0 bridgehead atoms.